The number of nitrogens with zero attached hydrogens (tertiary/aromatic N) is 2. The van der Waals surface area contributed by atoms with Crippen LogP contribution >= 0.6 is 0 Å². The van der Waals surface area contributed by atoms with E-state index in [4.69, 9.17) is 5.26 Å². The van der Waals surface area contributed by atoms with Gasteiger partial charge in [0.2, 0.25) is 10.0 Å². The zero-order valence-electron chi connectivity index (χ0n) is 11.7. The van der Waals surface area contributed by atoms with Crippen molar-refractivity contribution in [2.75, 3.05) is 11.9 Å². The van der Waals surface area contributed by atoms with Crippen LogP contribution in [0.3, 0.4) is 0 Å². The minimum atomic E-state index is -3.57. The van der Waals surface area contributed by atoms with Crippen LogP contribution in [0.25, 0.3) is 0 Å². The zero-order valence-corrected chi connectivity index (χ0v) is 12.5. The topological polar surface area (TPSA) is 94.9 Å². The Morgan fingerprint density at radius 3 is 2.77 bits per heavy atom. The summed E-state index contributed by atoms with van der Waals surface area (Å²) in [5.74, 6) is 0. The summed E-state index contributed by atoms with van der Waals surface area (Å²) < 4.78 is 27.3. The fraction of sp³-hybridized carbons (Fsp3) is 0.200. The van der Waals surface area contributed by atoms with Gasteiger partial charge < -0.3 is 5.32 Å². The summed E-state index contributed by atoms with van der Waals surface area (Å²) in [5.41, 5.74) is 2.45. The Labute approximate surface area is 128 Å². The van der Waals surface area contributed by atoms with Gasteiger partial charge in [0.1, 0.15) is 0 Å². The molecule has 2 heterocycles. The third-order valence-electron chi connectivity index (χ3n) is 3.52. The van der Waals surface area contributed by atoms with Gasteiger partial charge in [-0.2, -0.15) is 5.26 Å². The molecule has 0 bridgehead atoms. The summed E-state index contributed by atoms with van der Waals surface area (Å²) in [6.45, 7) is 0.503. The first-order valence-corrected chi connectivity index (χ1v) is 8.26. The average Bonchev–Trinajstić information content (AvgIpc) is 2.54. The van der Waals surface area contributed by atoms with E-state index in [-0.39, 0.29) is 10.9 Å². The van der Waals surface area contributed by atoms with E-state index in [1.54, 1.807) is 12.1 Å². The predicted molar refractivity (Wildman–Crippen MR) is 81.7 cm³/mol. The summed E-state index contributed by atoms with van der Waals surface area (Å²) in [6, 6.07) is 10.1. The van der Waals surface area contributed by atoms with Gasteiger partial charge in [0.05, 0.1) is 16.5 Å². The Morgan fingerprint density at radius 1 is 1.27 bits per heavy atom. The summed E-state index contributed by atoms with van der Waals surface area (Å²) in [5, 5.41) is 12.1. The van der Waals surface area contributed by atoms with Gasteiger partial charge in [-0.1, -0.05) is 0 Å². The van der Waals surface area contributed by atoms with E-state index in [1.807, 2.05) is 6.07 Å². The van der Waals surface area contributed by atoms with Crippen LogP contribution in [0.4, 0.5) is 5.69 Å². The molecule has 22 heavy (non-hydrogen) atoms. The van der Waals surface area contributed by atoms with Crippen molar-refractivity contribution in [1.29, 1.82) is 5.26 Å². The van der Waals surface area contributed by atoms with Crippen LogP contribution in [-0.2, 0) is 16.4 Å². The second-order valence-electron chi connectivity index (χ2n) is 5.07. The molecule has 7 heteroatoms. The molecule has 0 aliphatic carbocycles. The number of anilines is 1. The third kappa shape index (κ3) is 2.93. The SMILES string of the molecule is N#Cc1ccc2c(c1)CC(NS(=O)(=O)c1ccncc1)CN2. The molecule has 1 atom stereocenters. The Morgan fingerprint density at radius 2 is 2.05 bits per heavy atom. The number of nitrogens with one attached hydrogen (secondary N) is 2. The van der Waals surface area contributed by atoms with Gasteiger partial charge in [0, 0.05) is 30.7 Å². The molecule has 0 spiro atoms. The predicted octanol–water partition coefficient (Wildman–Crippen LogP) is 1.27. The summed E-state index contributed by atoms with van der Waals surface area (Å²) in [7, 11) is -3.57. The molecule has 1 aromatic heterocycles. The van der Waals surface area contributed by atoms with Crippen LogP contribution in [0.2, 0.25) is 0 Å². The van der Waals surface area contributed by atoms with Crippen molar-refractivity contribution < 1.29 is 8.42 Å². The van der Waals surface area contributed by atoms with Crippen molar-refractivity contribution in [2.24, 2.45) is 0 Å². The lowest BCUT2D eigenvalue weighted by Crippen LogP contribution is -2.43. The van der Waals surface area contributed by atoms with Crippen LogP contribution in [-0.4, -0.2) is 26.0 Å². The maximum absolute atomic E-state index is 12.3. The number of pyridine rings is 1. The smallest absolute Gasteiger partial charge is 0.240 e. The number of rotatable bonds is 3. The van der Waals surface area contributed by atoms with E-state index in [9.17, 15) is 8.42 Å². The van der Waals surface area contributed by atoms with Gasteiger partial charge in [0.15, 0.2) is 0 Å². The molecule has 0 saturated carbocycles. The highest BCUT2D eigenvalue weighted by atomic mass is 32.2. The van der Waals surface area contributed by atoms with Crippen molar-refractivity contribution in [3.05, 3.63) is 53.9 Å². The third-order valence-corrected chi connectivity index (χ3v) is 5.06. The molecule has 0 fully saturated rings. The second-order valence-corrected chi connectivity index (χ2v) is 6.78. The minimum Gasteiger partial charge on any atom is -0.383 e. The largest absolute Gasteiger partial charge is 0.383 e. The van der Waals surface area contributed by atoms with Crippen molar-refractivity contribution in [3.63, 3.8) is 0 Å². The van der Waals surface area contributed by atoms with Crippen LogP contribution in [0.1, 0.15) is 11.1 Å². The number of hydrogen-bond acceptors (Lipinski definition) is 5. The summed E-state index contributed by atoms with van der Waals surface area (Å²) >= 11 is 0. The summed E-state index contributed by atoms with van der Waals surface area (Å²) in [4.78, 5) is 4.01. The average molecular weight is 314 g/mol. The highest BCUT2D eigenvalue weighted by Gasteiger charge is 2.24. The zero-order chi connectivity index (χ0) is 15.6. The number of benzene rings is 1. The van der Waals surface area contributed by atoms with E-state index < -0.39 is 10.0 Å². The maximum Gasteiger partial charge on any atom is 0.240 e. The second kappa shape index (κ2) is 5.75. The molecule has 1 aliphatic rings. The number of nitriles is 1. The van der Waals surface area contributed by atoms with Crippen LogP contribution in [0.5, 0.6) is 0 Å². The molecule has 1 aromatic carbocycles. The monoisotopic (exact) mass is 314 g/mol. The van der Waals surface area contributed by atoms with E-state index in [2.05, 4.69) is 21.1 Å². The Bertz CT molecular complexity index is 828. The van der Waals surface area contributed by atoms with Crippen molar-refractivity contribution in [1.82, 2.24) is 9.71 Å². The lowest BCUT2D eigenvalue weighted by molar-refractivity contribution is 0.548. The lowest BCUT2D eigenvalue weighted by Gasteiger charge is -2.26. The van der Waals surface area contributed by atoms with Gasteiger partial charge in [-0.25, -0.2) is 13.1 Å². The number of sulfonamides is 1. The fourth-order valence-electron chi connectivity index (χ4n) is 2.46. The van der Waals surface area contributed by atoms with Crippen molar-refractivity contribution in [2.45, 2.75) is 17.4 Å². The summed E-state index contributed by atoms with van der Waals surface area (Å²) in [6.07, 6.45) is 3.44. The highest BCUT2D eigenvalue weighted by molar-refractivity contribution is 7.89. The molecule has 2 aromatic rings. The molecule has 1 aliphatic heterocycles. The van der Waals surface area contributed by atoms with Crippen molar-refractivity contribution in [3.8, 4) is 6.07 Å². The van der Waals surface area contributed by atoms with Crippen LogP contribution in [0.15, 0.2) is 47.6 Å². The molecule has 1 unspecified atom stereocenters. The first kappa shape index (κ1) is 14.5. The molecule has 6 nitrogen and oxygen atoms in total. The Balaban J connectivity index is 1.79. The maximum atomic E-state index is 12.3. The van der Waals surface area contributed by atoms with E-state index in [0.717, 1.165) is 11.3 Å². The Kier molecular flexibility index (Phi) is 3.79. The molecule has 0 saturated heterocycles. The van der Waals surface area contributed by atoms with Gasteiger partial charge in [0.25, 0.3) is 0 Å². The van der Waals surface area contributed by atoms with Crippen LogP contribution in [0, 0.1) is 11.3 Å². The molecule has 2 N–H and O–H groups in total. The lowest BCUT2D eigenvalue weighted by atomic mass is 9.98. The Hall–Kier alpha value is -2.43. The van der Waals surface area contributed by atoms with E-state index in [1.165, 1.54) is 24.5 Å². The van der Waals surface area contributed by atoms with Crippen LogP contribution < -0.4 is 10.0 Å². The molecule has 0 radical (unpaired) electrons. The van der Waals surface area contributed by atoms with E-state index >= 15 is 0 Å². The highest BCUT2D eigenvalue weighted by Crippen LogP contribution is 2.23. The first-order valence-electron chi connectivity index (χ1n) is 6.78. The molecule has 3 rings (SSSR count). The molecular formula is C15H14N4O2S. The molecule has 0 amide bonds. The van der Waals surface area contributed by atoms with Crippen molar-refractivity contribution >= 4 is 15.7 Å². The minimum absolute atomic E-state index is 0.194. The van der Waals surface area contributed by atoms with Gasteiger partial charge in [-0.15, -0.1) is 0 Å². The van der Waals surface area contributed by atoms with E-state index in [0.29, 0.717) is 18.5 Å². The van der Waals surface area contributed by atoms with Gasteiger partial charge >= 0.3 is 0 Å². The number of fused-ring (bicyclic) bond motifs is 1. The fourth-order valence-corrected chi connectivity index (χ4v) is 3.69. The first-order chi connectivity index (χ1) is 10.6. The van der Waals surface area contributed by atoms with Gasteiger partial charge in [-0.05, 0) is 42.3 Å². The normalized spacial score (nSPS) is 17.1. The standard InChI is InChI=1S/C15H14N4O2S/c16-9-11-1-2-15-12(7-11)8-13(10-18-15)19-22(20,21)14-3-5-17-6-4-14/h1-7,13,18-19H,8,10H2. The van der Waals surface area contributed by atoms with Gasteiger partial charge in [-0.3, -0.25) is 4.98 Å². The number of aromatic nitrogens is 1. The number of hydrogen-bond donors (Lipinski definition) is 2. The molecular weight excluding hydrogens is 300 g/mol. The molecule has 112 valence electrons. The quantitative estimate of drug-likeness (QED) is 0.889.